The van der Waals surface area contributed by atoms with Crippen molar-refractivity contribution in [2.24, 2.45) is 5.92 Å². The van der Waals surface area contributed by atoms with E-state index in [0.717, 1.165) is 40.0 Å². The number of piperidine rings is 1. The summed E-state index contributed by atoms with van der Waals surface area (Å²) in [7, 11) is 0. The number of hydrogen-bond donors (Lipinski definition) is 0. The highest BCUT2D eigenvalue weighted by Crippen LogP contribution is 2.36. The Morgan fingerprint density at radius 3 is 2.75 bits per heavy atom. The summed E-state index contributed by atoms with van der Waals surface area (Å²) in [5.74, 6) is 1.26. The van der Waals surface area contributed by atoms with Gasteiger partial charge in [-0.3, -0.25) is 14.2 Å². The van der Waals surface area contributed by atoms with Gasteiger partial charge in [0.05, 0.1) is 11.1 Å². The normalized spacial score (nSPS) is 22.5. The molecule has 1 saturated heterocycles. The van der Waals surface area contributed by atoms with Gasteiger partial charge in [-0.2, -0.15) is 0 Å². The number of carbonyl (C=O) groups excluding carboxylic acids is 1. The van der Waals surface area contributed by atoms with E-state index in [1.54, 1.807) is 15.9 Å². The third-order valence-corrected chi connectivity index (χ3v) is 8.52. The fourth-order valence-electron chi connectivity index (χ4n) is 4.84. The maximum Gasteiger partial charge on any atom is 0.263 e. The molecule has 2 aliphatic rings. The zero-order valence-corrected chi connectivity index (χ0v) is 18.6. The fourth-order valence-corrected chi connectivity index (χ4v) is 6.86. The van der Waals surface area contributed by atoms with Crippen LogP contribution < -0.4 is 5.56 Å². The summed E-state index contributed by atoms with van der Waals surface area (Å²) in [5.41, 5.74) is 1.05. The number of carbonyl (C=O) groups is 1. The Bertz CT molecular complexity index is 947. The van der Waals surface area contributed by atoms with Crippen LogP contribution in [0.3, 0.4) is 0 Å². The van der Waals surface area contributed by atoms with Gasteiger partial charge in [0.2, 0.25) is 5.91 Å². The summed E-state index contributed by atoms with van der Waals surface area (Å²) in [6, 6.07) is 0.432. The van der Waals surface area contributed by atoms with E-state index in [4.69, 9.17) is 4.98 Å². The van der Waals surface area contributed by atoms with E-state index in [2.05, 4.69) is 4.90 Å². The Hall–Kier alpha value is -1.34. The highest BCUT2D eigenvalue weighted by molar-refractivity contribution is 7.99. The van der Waals surface area contributed by atoms with Crippen LogP contribution in [0.25, 0.3) is 10.2 Å². The topological polar surface area (TPSA) is 55.2 Å². The minimum Gasteiger partial charge on any atom is -0.339 e. The highest BCUT2D eigenvalue weighted by Gasteiger charge is 2.35. The van der Waals surface area contributed by atoms with E-state index in [-0.39, 0.29) is 11.5 Å². The number of amides is 1. The van der Waals surface area contributed by atoms with Crippen molar-refractivity contribution in [3.8, 4) is 0 Å². The molecule has 1 aliphatic carbocycles. The van der Waals surface area contributed by atoms with Crippen LogP contribution in [0.5, 0.6) is 0 Å². The van der Waals surface area contributed by atoms with Gasteiger partial charge in [0.15, 0.2) is 5.16 Å². The number of aryl methyl sites for hydroxylation is 2. The number of thiophene rings is 1. The average Bonchev–Trinajstić information content (AvgIpc) is 2.99. The van der Waals surface area contributed by atoms with Crippen molar-refractivity contribution >= 4 is 39.2 Å². The van der Waals surface area contributed by atoms with Gasteiger partial charge in [0.1, 0.15) is 4.83 Å². The molecule has 0 N–H and O–H groups in total. The second-order valence-corrected chi connectivity index (χ2v) is 10.2. The smallest absolute Gasteiger partial charge is 0.263 e. The Morgan fingerprint density at radius 1 is 1.21 bits per heavy atom. The molecule has 152 valence electrons. The predicted octanol–water partition coefficient (Wildman–Crippen LogP) is 4.37. The van der Waals surface area contributed by atoms with Gasteiger partial charge in [-0.25, -0.2) is 4.98 Å². The van der Waals surface area contributed by atoms with E-state index < -0.39 is 0 Å². The molecular formula is C21H29N3O2S2. The van der Waals surface area contributed by atoms with E-state index >= 15 is 0 Å². The van der Waals surface area contributed by atoms with Gasteiger partial charge in [0.25, 0.3) is 5.56 Å². The number of fused-ring (bicyclic) bond motifs is 2. The lowest BCUT2D eigenvalue weighted by atomic mass is 9.78. The lowest BCUT2D eigenvalue weighted by Gasteiger charge is -2.44. The van der Waals surface area contributed by atoms with Crippen molar-refractivity contribution in [2.45, 2.75) is 77.0 Å². The van der Waals surface area contributed by atoms with Gasteiger partial charge in [0, 0.05) is 24.0 Å². The summed E-state index contributed by atoms with van der Waals surface area (Å²) in [6.07, 6.45) is 7.36. The summed E-state index contributed by atoms with van der Waals surface area (Å²) in [4.78, 5) is 34.8. The first-order valence-corrected chi connectivity index (χ1v) is 12.2. The van der Waals surface area contributed by atoms with Gasteiger partial charge in [-0.15, -0.1) is 11.3 Å². The molecule has 1 aliphatic heterocycles. The maximum absolute atomic E-state index is 13.0. The average molecular weight is 420 g/mol. The molecule has 0 unspecified atom stereocenters. The fraction of sp³-hybridized carbons (Fsp3) is 0.667. The molecule has 28 heavy (non-hydrogen) atoms. The predicted molar refractivity (Wildman–Crippen MR) is 116 cm³/mol. The summed E-state index contributed by atoms with van der Waals surface area (Å²) in [6.45, 7) is 7.44. The second-order valence-electron chi connectivity index (χ2n) is 8.04. The summed E-state index contributed by atoms with van der Waals surface area (Å²) >= 11 is 2.99. The Labute approximate surface area is 174 Å². The molecule has 4 rings (SSSR count). The molecule has 2 fully saturated rings. The molecule has 0 spiro atoms. The minimum atomic E-state index is 0.0228. The zero-order chi connectivity index (χ0) is 19.8. The molecule has 2 aromatic heterocycles. The minimum absolute atomic E-state index is 0.0228. The highest BCUT2D eigenvalue weighted by atomic mass is 32.2. The molecule has 2 atom stereocenters. The lowest BCUT2D eigenvalue weighted by molar-refractivity contribution is -0.134. The molecule has 5 nitrogen and oxygen atoms in total. The van der Waals surface area contributed by atoms with Gasteiger partial charge in [-0.05, 0) is 57.9 Å². The van der Waals surface area contributed by atoms with Crippen molar-refractivity contribution in [3.63, 3.8) is 0 Å². The first-order chi connectivity index (χ1) is 13.5. The van der Waals surface area contributed by atoms with Crippen LogP contribution >= 0.6 is 23.1 Å². The molecule has 0 aromatic carbocycles. The van der Waals surface area contributed by atoms with Crippen LogP contribution in [0.1, 0.15) is 55.9 Å². The Morgan fingerprint density at radius 2 is 1.96 bits per heavy atom. The van der Waals surface area contributed by atoms with Crippen molar-refractivity contribution in [1.82, 2.24) is 14.5 Å². The van der Waals surface area contributed by atoms with Crippen molar-refractivity contribution in [1.29, 1.82) is 0 Å². The quantitative estimate of drug-likeness (QED) is 0.545. The zero-order valence-electron chi connectivity index (χ0n) is 17.0. The third kappa shape index (κ3) is 3.52. The van der Waals surface area contributed by atoms with Crippen LogP contribution in [0, 0.1) is 19.8 Å². The molecule has 1 amide bonds. The van der Waals surface area contributed by atoms with E-state index in [0.29, 0.717) is 29.4 Å². The van der Waals surface area contributed by atoms with Gasteiger partial charge >= 0.3 is 0 Å². The summed E-state index contributed by atoms with van der Waals surface area (Å²) in [5, 5.41) is 1.41. The number of hydrogen-bond acceptors (Lipinski definition) is 5. The Kier molecular flexibility index (Phi) is 5.83. The van der Waals surface area contributed by atoms with E-state index in [9.17, 15) is 9.59 Å². The summed E-state index contributed by atoms with van der Waals surface area (Å²) < 4.78 is 1.72. The first kappa shape index (κ1) is 20.0. The third-order valence-electron chi connectivity index (χ3n) is 6.46. The van der Waals surface area contributed by atoms with Crippen LogP contribution in [0.15, 0.2) is 9.95 Å². The van der Waals surface area contributed by atoms with Crippen LogP contribution in [0.2, 0.25) is 0 Å². The van der Waals surface area contributed by atoms with Crippen molar-refractivity contribution in [3.05, 3.63) is 20.8 Å². The molecule has 3 heterocycles. The van der Waals surface area contributed by atoms with Crippen LogP contribution in [-0.4, -0.2) is 38.7 Å². The molecule has 7 heteroatoms. The lowest BCUT2D eigenvalue weighted by Crippen LogP contribution is -2.50. The van der Waals surface area contributed by atoms with Crippen molar-refractivity contribution in [2.75, 3.05) is 12.3 Å². The second kappa shape index (κ2) is 8.19. The number of aromatic nitrogens is 2. The molecule has 0 radical (unpaired) electrons. The van der Waals surface area contributed by atoms with Gasteiger partial charge < -0.3 is 4.90 Å². The molecule has 1 saturated carbocycles. The first-order valence-electron chi connectivity index (χ1n) is 10.4. The van der Waals surface area contributed by atoms with E-state index in [1.807, 2.05) is 20.8 Å². The molecule has 2 aromatic rings. The molecule has 0 bridgehead atoms. The number of thioether (sulfide) groups is 1. The van der Waals surface area contributed by atoms with Gasteiger partial charge in [-0.1, -0.05) is 24.6 Å². The number of likely N-dealkylation sites (tertiary alicyclic amines) is 1. The van der Waals surface area contributed by atoms with E-state index in [1.165, 1.54) is 37.4 Å². The largest absolute Gasteiger partial charge is 0.339 e. The monoisotopic (exact) mass is 419 g/mol. The standard InChI is InChI=1S/C21H29N3O2S2/c1-4-23-20(26)18-13(2)14(3)28-19(18)22-21(23)27-12-17(25)24-11-7-9-15-8-5-6-10-16(15)24/h15-16H,4-12H2,1-3H3/t15-,16+/m0/s1. The SMILES string of the molecule is CCn1c(SCC(=O)N2CCC[C@@H]3CCCC[C@H]32)nc2sc(C)c(C)c2c1=O. The van der Waals surface area contributed by atoms with Crippen molar-refractivity contribution < 1.29 is 4.79 Å². The molecular weight excluding hydrogens is 390 g/mol. The van der Waals surface area contributed by atoms with Crippen LogP contribution in [-0.2, 0) is 11.3 Å². The number of rotatable bonds is 4. The number of nitrogens with zero attached hydrogens (tertiary/aromatic N) is 3. The maximum atomic E-state index is 13.0. The Balaban J connectivity index is 1.55. The van der Waals surface area contributed by atoms with Crippen LogP contribution in [0.4, 0.5) is 0 Å².